The van der Waals surface area contributed by atoms with Gasteiger partial charge in [0.2, 0.25) is 10.0 Å². The Bertz CT molecular complexity index is 634. The van der Waals surface area contributed by atoms with Crippen molar-refractivity contribution in [2.45, 2.75) is 49.8 Å². The highest BCUT2D eigenvalue weighted by Gasteiger charge is 2.29. The second kappa shape index (κ2) is 7.32. The Kier molecular flexibility index (Phi) is 5.39. The normalized spacial score (nSPS) is 20.4. The first-order valence-electron chi connectivity index (χ1n) is 8.88. The average molecular weight is 337 g/mol. The van der Waals surface area contributed by atoms with Crippen LogP contribution in [0.1, 0.15) is 43.2 Å². The summed E-state index contributed by atoms with van der Waals surface area (Å²) in [5.41, 5.74) is 2.57. The number of piperidine rings is 1. The quantitative estimate of drug-likeness (QED) is 0.899. The monoisotopic (exact) mass is 336 g/mol. The molecule has 0 spiro atoms. The van der Waals surface area contributed by atoms with E-state index in [1.54, 1.807) is 4.31 Å². The summed E-state index contributed by atoms with van der Waals surface area (Å²) in [6.07, 6.45) is 7.60. The summed E-state index contributed by atoms with van der Waals surface area (Å²) >= 11 is 0. The van der Waals surface area contributed by atoms with Crippen molar-refractivity contribution in [2.24, 2.45) is 5.92 Å². The SMILES string of the molecule is CNCCC1CCN(S(=O)(=O)c2ccc3c(c2)CCCC3)CC1. The smallest absolute Gasteiger partial charge is 0.243 e. The summed E-state index contributed by atoms with van der Waals surface area (Å²) in [6, 6.07) is 5.77. The zero-order chi connectivity index (χ0) is 16.3. The lowest BCUT2D eigenvalue weighted by atomic mass is 9.92. The summed E-state index contributed by atoms with van der Waals surface area (Å²) in [6.45, 7) is 2.34. The van der Waals surface area contributed by atoms with E-state index in [0.29, 0.717) is 23.9 Å². The van der Waals surface area contributed by atoms with Crippen molar-refractivity contribution in [1.29, 1.82) is 0 Å². The van der Waals surface area contributed by atoms with Crippen molar-refractivity contribution in [3.63, 3.8) is 0 Å². The molecule has 2 aliphatic rings. The molecular formula is C18H28N2O2S. The molecule has 0 amide bonds. The number of aryl methyl sites for hydroxylation is 2. The maximum Gasteiger partial charge on any atom is 0.243 e. The second-order valence-corrected chi connectivity index (χ2v) is 8.82. The highest BCUT2D eigenvalue weighted by Crippen LogP contribution is 2.28. The van der Waals surface area contributed by atoms with Gasteiger partial charge in [-0.1, -0.05) is 6.07 Å². The van der Waals surface area contributed by atoms with Crippen LogP contribution >= 0.6 is 0 Å². The van der Waals surface area contributed by atoms with E-state index >= 15 is 0 Å². The van der Waals surface area contributed by atoms with Gasteiger partial charge in [-0.2, -0.15) is 4.31 Å². The maximum atomic E-state index is 12.9. The third-order valence-corrected chi connectivity index (χ3v) is 7.23. The minimum atomic E-state index is -3.32. The van der Waals surface area contributed by atoms with Crippen molar-refractivity contribution < 1.29 is 8.42 Å². The zero-order valence-corrected chi connectivity index (χ0v) is 14.9. The van der Waals surface area contributed by atoms with Gasteiger partial charge in [0, 0.05) is 13.1 Å². The topological polar surface area (TPSA) is 49.4 Å². The van der Waals surface area contributed by atoms with E-state index in [1.807, 2.05) is 25.2 Å². The molecule has 1 aliphatic carbocycles. The molecule has 0 saturated carbocycles. The van der Waals surface area contributed by atoms with Crippen molar-refractivity contribution in [3.8, 4) is 0 Å². The van der Waals surface area contributed by atoms with Gasteiger partial charge in [-0.3, -0.25) is 0 Å². The fourth-order valence-electron chi connectivity index (χ4n) is 3.81. The van der Waals surface area contributed by atoms with Crippen LogP contribution in [-0.4, -0.2) is 39.4 Å². The highest BCUT2D eigenvalue weighted by molar-refractivity contribution is 7.89. The lowest BCUT2D eigenvalue weighted by Crippen LogP contribution is -2.39. The minimum Gasteiger partial charge on any atom is -0.320 e. The first kappa shape index (κ1) is 16.9. The van der Waals surface area contributed by atoms with Crippen LogP contribution in [-0.2, 0) is 22.9 Å². The van der Waals surface area contributed by atoms with Gasteiger partial charge in [0.25, 0.3) is 0 Å². The van der Waals surface area contributed by atoms with Gasteiger partial charge in [0.1, 0.15) is 0 Å². The summed E-state index contributed by atoms with van der Waals surface area (Å²) in [5, 5.41) is 3.18. The Hall–Kier alpha value is -0.910. The molecule has 1 aliphatic heterocycles. The number of fused-ring (bicyclic) bond motifs is 1. The first-order valence-corrected chi connectivity index (χ1v) is 10.3. The number of hydrogen-bond donors (Lipinski definition) is 1. The molecule has 0 unspecified atom stereocenters. The molecule has 23 heavy (non-hydrogen) atoms. The summed E-state index contributed by atoms with van der Waals surface area (Å²) in [4.78, 5) is 0.492. The second-order valence-electron chi connectivity index (χ2n) is 6.88. The molecule has 0 atom stereocenters. The molecule has 1 N–H and O–H groups in total. The van der Waals surface area contributed by atoms with Gasteiger partial charge in [-0.05, 0) is 87.7 Å². The highest BCUT2D eigenvalue weighted by atomic mass is 32.2. The van der Waals surface area contributed by atoms with Gasteiger partial charge in [0.05, 0.1) is 4.90 Å². The summed E-state index contributed by atoms with van der Waals surface area (Å²) < 4.78 is 27.5. The fraction of sp³-hybridized carbons (Fsp3) is 0.667. The Morgan fingerprint density at radius 2 is 1.83 bits per heavy atom. The lowest BCUT2D eigenvalue weighted by Gasteiger charge is -2.31. The molecular weight excluding hydrogens is 308 g/mol. The Labute approximate surface area is 140 Å². The van der Waals surface area contributed by atoms with E-state index in [0.717, 1.165) is 38.6 Å². The summed E-state index contributed by atoms with van der Waals surface area (Å²) in [7, 11) is -1.35. The Morgan fingerprint density at radius 1 is 1.13 bits per heavy atom. The average Bonchev–Trinajstić information content (AvgIpc) is 2.60. The largest absolute Gasteiger partial charge is 0.320 e. The molecule has 5 heteroatoms. The number of rotatable bonds is 5. The number of nitrogens with zero attached hydrogens (tertiary/aromatic N) is 1. The van der Waals surface area contributed by atoms with Crippen molar-refractivity contribution in [1.82, 2.24) is 9.62 Å². The predicted molar refractivity (Wildman–Crippen MR) is 93.1 cm³/mol. The minimum absolute atomic E-state index is 0.492. The molecule has 1 aromatic rings. The van der Waals surface area contributed by atoms with E-state index in [2.05, 4.69) is 5.32 Å². The van der Waals surface area contributed by atoms with Gasteiger partial charge in [-0.15, -0.1) is 0 Å². The van der Waals surface area contributed by atoms with Crippen molar-refractivity contribution in [2.75, 3.05) is 26.7 Å². The number of nitrogens with one attached hydrogen (secondary N) is 1. The standard InChI is InChI=1S/C18H28N2O2S/c1-19-11-8-15-9-12-20(13-10-15)23(21,22)18-7-6-16-4-2-3-5-17(16)14-18/h6-7,14-15,19H,2-5,8-13H2,1H3. The molecule has 0 aromatic heterocycles. The number of benzene rings is 1. The van der Waals surface area contributed by atoms with Gasteiger partial charge >= 0.3 is 0 Å². The van der Waals surface area contributed by atoms with Crippen molar-refractivity contribution >= 4 is 10.0 Å². The molecule has 3 rings (SSSR count). The Morgan fingerprint density at radius 3 is 2.52 bits per heavy atom. The van der Waals surface area contributed by atoms with E-state index in [-0.39, 0.29) is 0 Å². The Balaban J connectivity index is 1.70. The third kappa shape index (κ3) is 3.78. The van der Waals surface area contributed by atoms with Crippen LogP contribution in [0.25, 0.3) is 0 Å². The molecule has 1 heterocycles. The maximum absolute atomic E-state index is 12.9. The van der Waals surface area contributed by atoms with Crippen LogP contribution in [0, 0.1) is 5.92 Å². The fourth-order valence-corrected chi connectivity index (χ4v) is 5.33. The van der Waals surface area contributed by atoms with E-state index in [9.17, 15) is 8.42 Å². The van der Waals surface area contributed by atoms with Gasteiger partial charge < -0.3 is 5.32 Å². The van der Waals surface area contributed by atoms with Crippen LogP contribution in [0.15, 0.2) is 23.1 Å². The predicted octanol–water partition coefficient (Wildman–Crippen LogP) is 2.58. The van der Waals surface area contributed by atoms with E-state index in [4.69, 9.17) is 0 Å². The number of sulfonamides is 1. The van der Waals surface area contributed by atoms with E-state index in [1.165, 1.54) is 24.0 Å². The van der Waals surface area contributed by atoms with Crippen LogP contribution < -0.4 is 5.32 Å². The van der Waals surface area contributed by atoms with Crippen LogP contribution in [0.4, 0.5) is 0 Å². The molecule has 128 valence electrons. The lowest BCUT2D eigenvalue weighted by molar-refractivity contribution is 0.263. The molecule has 1 aromatic carbocycles. The molecule has 1 saturated heterocycles. The third-order valence-electron chi connectivity index (χ3n) is 5.33. The van der Waals surface area contributed by atoms with Gasteiger partial charge in [0.15, 0.2) is 0 Å². The molecule has 1 fully saturated rings. The molecule has 4 nitrogen and oxygen atoms in total. The summed E-state index contributed by atoms with van der Waals surface area (Å²) in [5.74, 6) is 0.650. The zero-order valence-electron chi connectivity index (χ0n) is 14.1. The first-order chi connectivity index (χ1) is 11.1. The van der Waals surface area contributed by atoms with Crippen molar-refractivity contribution in [3.05, 3.63) is 29.3 Å². The molecule has 0 bridgehead atoms. The van der Waals surface area contributed by atoms with Crippen LogP contribution in [0.5, 0.6) is 0 Å². The van der Waals surface area contributed by atoms with Crippen LogP contribution in [0.2, 0.25) is 0 Å². The molecule has 0 radical (unpaired) electrons. The van der Waals surface area contributed by atoms with E-state index < -0.39 is 10.0 Å². The number of hydrogen-bond acceptors (Lipinski definition) is 3. The van der Waals surface area contributed by atoms with Gasteiger partial charge in [-0.25, -0.2) is 8.42 Å². The van der Waals surface area contributed by atoms with Crippen LogP contribution in [0.3, 0.4) is 0 Å².